The minimum absolute atomic E-state index is 0.0591. The molecule has 0 aliphatic heterocycles. The lowest BCUT2D eigenvalue weighted by Crippen LogP contribution is -2.35. The largest absolute Gasteiger partial charge is 0.351 e. The maximum atomic E-state index is 12.0. The summed E-state index contributed by atoms with van der Waals surface area (Å²) in [4.78, 5) is 22.3. The SMILES string of the molecule is CCOC(CNC(=O)c1ccc(Cl)cc1[N+](=O)[O-])OCC. The van der Waals surface area contributed by atoms with E-state index < -0.39 is 17.1 Å². The summed E-state index contributed by atoms with van der Waals surface area (Å²) in [6.07, 6.45) is -0.588. The van der Waals surface area contributed by atoms with Gasteiger partial charge in [0.1, 0.15) is 5.56 Å². The molecule has 1 aromatic carbocycles. The fraction of sp³-hybridized carbons (Fsp3) is 0.462. The number of carbonyl (C=O) groups excluding carboxylic acids is 1. The van der Waals surface area contributed by atoms with Gasteiger partial charge in [0, 0.05) is 24.3 Å². The predicted molar refractivity (Wildman–Crippen MR) is 77.5 cm³/mol. The highest BCUT2D eigenvalue weighted by Gasteiger charge is 2.21. The molecule has 1 aromatic rings. The van der Waals surface area contributed by atoms with E-state index >= 15 is 0 Å². The zero-order valence-electron chi connectivity index (χ0n) is 11.8. The van der Waals surface area contributed by atoms with Gasteiger partial charge < -0.3 is 14.8 Å². The normalized spacial score (nSPS) is 10.7. The molecular formula is C13H17ClN2O5. The van der Waals surface area contributed by atoms with Gasteiger partial charge in [-0.2, -0.15) is 0 Å². The molecule has 7 nitrogen and oxygen atoms in total. The first-order valence-electron chi connectivity index (χ1n) is 6.44. The van der Waals surface area contributed by atoms with Crippen molar-refractivity contribution < 1.29 is 19.2 Å². The topological polar surface area (TPSA) is 90.7 Å². The Morgan fingerprint density at radius 2 is 2.00 bits per heavy atom. The number of halogens is 1. The number of hydrogen-bond donors (Lipinski definition) is 1. The second-order valence-corrected chi connectivity index (χ2v) is 4.41. The van der Waals surface area contributed by atoms with Crippen LogP contribution in [0.15, 0.2) is 18.2 Å². The van der Waals surface area contributed by atoms with Crippen molar-refractivity contribution in [3.63, 3.8) is 0 Å². The fourth-order valence-corrected chi connectivity index (χ4v) is 1.82. The van der Waals surface area contributed by atoms with Gasteiger partial charge in [-0.1, -0.05) is 11.6 Å². The molecule has 0 aliphatic carbocycles. The summed E-state index contributed by atoms with van der Waals surface area (Å²) >= 11 is 5.70. The molecule has 116 valence electrons. The molecule has 1 N–H and O–H groups in total. The summed E-state index contributed by atoms with van der Waals surface area (Å²) in [7, 11) is 0. The van der Waals surface area contributed by atoms with Crippen LogP contribution in [0.2, 0.25) is 5.02 Å². The van der Waals surface area contributed by atoms with E-state index in [2.05, 4.69) is 5.32 Å². The first-order chi connectivity index (χ1) is 9.99. The van der Waals surface area contributed by atoms with E-state index in [1.807, 2.05) is 0 Å². The van der Waals surface area contributed by atoms with Crippen molar-refractivity contribution in [2.45, 2.75) is 20.1 Å². The molecule has 0 heterocycles. The summed E-state index contributed by atoms with van der Waals surface area (Å²) in [5.74, 6) is -0.581. The summed E-state index contributed by atoms with van der Waals surface area (Å²) < 4.78 is 10.5. The van der Waals surface area contributed by atoms with Gasteiger partial charge in [-0.3, -0.25) is 14.9 Å². The molecular weight excluding hydrogens is 300 g/mol. The third kappa shape index (κ3) is 5.30. The van der Waals surface area contributed by atoms with Crippen molar-refractivity contribution in [1.82, 2.24) is 5.32 Å². The van der Waals surface area contributed by atoms with Crippen LogP contribution < -0.4 is 5.32 Å². The average molecular weight is 317 g/mol. The van der Waals surface area contributed by atoms with Crippen LogP contribution in [0.4, 0.5) is 5.69 Å². The van der Waals surface area contributed by atoms with Gasteiger partial charge in [0.15, 0.2) is 6.29 Å². The molecule has 0 fully saturated rings. The number of carbonyl (C=O) groups is 1. The second-order valence-electron chi connectivity index (χ2n) is 3.97. The summed E-state index contributed by atoms with van der Waals surface area (Å²) in [6, 6.07) is 3.87. The first kappa shape index (κ1) is 17.4. The van der Waals surface area contributed by atoms with Crippen molar-refractivity contribution in [3.8, 4) is 0 Å². The van der Waals surface area contributed by atoms with Crippen LogP contribution >= 0.6 is 11.6 Å². The molecule has 0 radical (unpaired) electrons. The molecule has 0 aromatic heterocycles. The van der Waals surface area contributed by atoms with Crippen LogP contribution in [0.1, 0.15) is 24.2 Å². The monoisotopic (exact) mass is 316 g/mol. The zero-order chi connectivity index (χ0) is 15.8. The van der Waals surface area contributed by atoms with Gasteiger partial charge in [0.05, 0.1) is 11.5 Å². The van der Waals surface area contributed by atoms with Crippen LogP contribution in [0.5, 0.6) is 0 Å². The van der Waals surface area contributed by atoms with E-state index in [0.717, 1.165) is 6.07 Å². The minimum Gasteiger partial charge on any atom is -0.351 e. The molecule has 8 heteroatoms. The van der Waals surface area contributed by atoms with Gasteiger partial charge in [0.25, 0.3) is 11.6 Å². The van der Waals surface area contributed by atoms with E-state index in [0.29, 0.717) is 13.2 Å². The van der Waals surface area contributed by atoms with Crippen molar-refractivity contribution >= 4 is 23.2 Å². The Morgan fingerprint density at radius 3 is 2.52 bits per heavy atom. The highest BCUT2D eigenvalue weighted by molar-refractivity contribution is 6.31. The fourth-order valence-electron chi connectivity index (χ4n) is 1.66. The number of nitrogens with zero attached hydrogens (tertiary/aromatic N) is 1. The van der Waals surface area contributed by atoms with Gasteiger partial charge in [-0.25, -0.2) is 0 Å². The summed E-state index contributed by atoms with van der Waals surface area (Å²) in [6.45, 7) is 4.57. The van der Waals surface area contributed by atoms with Crippen molar-refractivity contribution in [2.75, 3.05) is 19.8 Å². The third-order valence-electron chi connectivity index (χ3n) is 2.54. The smallest absolute Gasteiger partial charge is 0.283 e. The number of hydrogen-bond acceptors (Lipinski definition) is 5. The number of rotatable bonds is 8. The van der Waals surface area contributed by atoms with Crippen molar-refractivity contribution in [3.05, 3.63) is 38.9 Å². The molecule has 0 saturated carbocycles. The molecule has 1 rings (SSSR count). The molecule has 0 unspecified atom stereocenters. The standard InChI is InChI=1S/C13H17ClN2O5/c1-3-20-12(21-4-2)8-15-13(17)10-6-5-9(14)7-11(10)16(18)19/h5-7,12H,3-4,8H2,1-2H3,(H,15,17). The number of amides is 1. The zero-order valence-corrected chi connectivity index (χ0v) is 12.6. The average Bonchev–Trinajstić information content (AvgIpc) is 2.44. The molecule has 0 aliphatic rings. The van der Waals surface area contributed by atoms with Gasteiger partial charge >= 0.3 is 0 Å². The second kappa shape index (κ2) is 8.56. The summed E-state index contributed by atoms with van der Waals surface area (Å²) in [5.41, 5.74) is -0.402. The highest BCUT2D eigenvalue weighted by Crippen LogP contribution is 2.23. The van der Waals surface area contributed by atoms with Crippen LogP contribution in [0.25, 0.3) is 0 Å². The maximum Gasteiger partial charge on any atom is 0.283 e. The number of nitro benzene ring substituents is 1. The Hall–Kier alpha value is -1.70. The van der Waals surface area contributed by atoms with E-state index in [1.54, 1.807) is 13.8 Å². The maximum absolute atomic E-state index is 12.0. The van der Waals surface area contributed by atoms with Crippen molar-refractivity contribution in [1.29, 1.82) is 0 Å². The predicted octanol–water partition coefficient (Wildman–Crippen LogP) is 2.38. The Morgan fingerprint density at radius 1 is 1.38 bits per heavy atom. The van der Waals surface area contributed by atoms with E-state index in [9.17, 15) is 14.9 Å². The molecule has 0 saturated heterocycles. The number of ether oxygens (including phenoxy) is 2. The Kier molecular flexibility index (Phi) is 7.07. The van der Waals surface area contributed by atoms with E-state index in [4.69, 9.17) is 21.1 Å². The number of nitro groups is 1. The lowest BCUT2D eigenvalue weighted by atomic mass is 10.1. The first-order valence-corrected chi connectivity index (χ1v) is 6.82. The molecule has 1 amide bonds. The minimum atomic E-state index is -0.649. The van der Waals surface area contributed by atoms with Crippen molar-refractivity contribution in [2.24, 2.45) is 0 Å². The molecule has 0 bridgehead atoms. The number of benzene rings is 1. The third-order valence-corrected chi connectivity index (χ3v) is 2.77. The molecule has 21 heavy (non-hydrogen) atoms. The highest BCUT2D eigenvalue weighted by atomic mass is 35.5. The van der Waals surface area contributed by atoms with E-state index in [-0.39, 0.29) is 22.8 Å². The lowest BCUT2D eigenvalue weighted by molar-refractivity contribution is -0.385. The van der Waals surface area contributed by atoms with Crippen LogP contribution in [0, 0.1) is 10.1 Å². The Labute approximate surface area is 127 Å². The quantitative estimate of drug-likeness (QED) is 0.451. The Balaban J connectivity index is 2.77. The van der Waals surface area contributed by atoms with Gasteiger partial charge in [0.2, 0.25) is 0 Å². The van der Waals surface area contributed by atoms with E-state index in [1.165, 1.54) is 12.1 Å². The number of nitrogens with one attached hydrogen (secondary N) is 1. The van der Waals surface area contributed by atoms with Gasteiger partial charge in [-0.15, -0.1) is 0 Å². The Bertz CT molecular complexity index is 503. The van der Waals surface area contributed by atoms with Crippen LogP contribution in [-0.4, -0.2) is 36.9 Å². The molecule has 0 spiro atoms. The van der Waals surface area contributed by atoms with Crippen LogP contribution in [-0.2, 0) is 9.47 Å². The lowest BCUT2D eigenvalue weighted by Gasteiger charge is -2.17. The van der Waals surface area contributed by atoms with Gasteiger partial charge in [-0.05, 0) is 26.0 Å². The molecule has 0 atom stereocenters. The van der Waals surface area contributed by atoms with Crippen LogP contribution in [0.3, 0.4) is 0 Å². The summed E-state index contributed by atoms with van der Waals surface area (Å²) in [5, 5.41) is 13.7.